The first-order chi connectivity index (χ1) is 19.6. The minimum atomic E-state index is -0.558. The van der Waals surface area contributed by atoms with Crippen molar-refractivity contribution in [2.75, 3.05) is 30.9 Å². The average molecular weight is 574 g/mol. The third-order valence-corrected chi connectivity index (χ3v) is 7.09. The number of ether oxygens (including phenoxy) is 2. The lowest BCUT2D eigenvalue weighted by atomic mass is 10.0. The number of anilines is 2. The molecule has 0 radical (unpaired) electrons. The SMILES string of the molecule is COc1cc(/C=C2\SC(=O)N(CC(=O)Nc3cccc(C)c3)C2=O)ccc1OCC(=O)Nc1ccccc1C(C)C. The van der Waals surface area contributed by atoms with Crippen molar-refractivity contribution in [1.29, 1.82) is 0 Å². The largest absolute Gasteiger partial charge is 0.493 e. The lowest BCUT2D eigenvalue weighted by Gasteiger charge is -2.15. The van der Waals surface area contributed by atoms with Crippen LogP contribution >= 0.6 is 11.8 Å². The summed E-state index contributed by atoms with van der Waals surface area (Å²) in [5, 5.41) is 5.06. The third-order valence-electron chi connectivity index (χ3n) is 6.18. The summed E-state index contributed by atoms with van der Waals surface area (Å²) >= 11 is 0.757. The van der Waals surface area contributed by atoms with E-state index in [1.165, 1.54) is 7.11 Å². The Bertz CT molecular complexity index is 1520. The molecule has 9 nitrogen and oxygen atoms in total. The normalized spacial score (nSPS) is 14.0. The van der Waals surface area contributed by atoms with Gasteiger partial charge in [0, 0.05) is 11.4 Å². The Kier molecular flexibility index (Phi) is 9.46. The Hall–Kier alpha value is -4.57. The van der Waals surface area contributed by atoms with Gasteiger partial charge >= 0.3 is 0 Å². The Labute approximate surface area is 242 Å². The number of rotatable bonds is 10. The summed E-state index contributed by atoms with van der Waals surface area (Å²) in [4.78, 5) is 51.5. The molecule has 0 saturated carbocycles. The highest BCUT2D eigenvalue weighted by Gasteiger charge is 2.36. The van der Waals surface area contributed by atoms with Crippen LogP contribution in [-0.4, -0.2) is 48.1 Å². The number of nitrogens with zero attached hydrogens (tertiary/aromatic N) is 1. The first-order valence-electron chi connectivity index (χ1n) is 13.0. The quantitative estimate of drug-likeness (QED) is 0.294. The van der Waals surface area contributed by atoms with Gasteiger partial charge in [-0.1, -0.05) is 50.2 Å². The van der Waals surface area contributed by atoms with Crippen LogP contribution in [0.3, 0.4) is 0 Å². The first kappa shape index (κ1) is 29.4. The molecular weight excluding hydrogens is 542 g/mol. The molecule has 2 N–H and O–H groups in total. The Morgan fingerprint density at radius 3 is 2.46 bits per heavy atom. The van der Waals surface area contributed by atoms with Crippen LogP contribution in [-0.2, 0) is 14.4 Å². The van der Waals surface area contributed by atoms with Crippen molar-refractivity contribution in [3.05, 3.63) is 88.3 Å². The number of thioether (sulfide) groups is 1. The van der Waals surface area contributed by atoms with Crippen LogP contribution in [0.15, 0.2) is 71.6 Å². The first-order valence-corrected chi connectivity index (χ1v) is 13.8. The highest BCUT2D eigenvalue weighted by atomic mass is 32.2. The number of benzene rings is 3. The fraction of sp³-hybridized carbons (Fsp3) is 0.226. The molecule has 10 heteroatoms. The molecule has 0 aromatic heterocycles. The molecule has 1 fully saturated rings. The summed E-state index contributed by atoms with van der Waals surface area (Å²) in [6, 6.07) is 19.8. The Morgan fingerprint density at radius 1 is 0.951 bits per heavy atom. The predicted octanol–water partition coefficient (Wildman–Crippen LogP) is 5.82. The van der Waals surface area contributed by atoms with E-state index < -0.39 is 23.6 Å². The maximum atomic E-state index is 12.9. The molecule has 4 amide bonds. The van der Waals surface area contributed by atoms with E-state index in [1.807, 2.05) is 37.3 Å². The van der Waals surface area contributed by atoms with E-state index in [9.17, 15) is 19.2 Å². The second-order valence-electron chi connectivity index (χ2n) is 9.67. The van der Waals surface area contributed by atoms with Crippen LogP contribution in [0, 0.1) is 6.92 Å². The van der Waals surface area contributed by atoms with E-state index in [0.717, 1.165) is 33.5 Å². The minimum Gasteiger partial charge on any atom is -0.493 e. The van der Waals surface area contributed by atoms with Gasteiger partial charge in [-0.2, -0.15) is 0 Å². The van der Waals surface area contributed by atoms with E-state index in [0.29, 0.717) is 22.7 Å². The predicted molar refractivity (Wildman–Crippen MR) is 160 cm³/mol. The van der Waals surface area contributed by atoms with Gasteiger partial charge in [-0.25, -0.2) is 0 Å². The number of para-hydroxylation sites is 1. The highest BCUT2D eigenvalue weighted by molar-refractivity contribution is 8.18. The van der Waals surface area contributed by atoms with E-state index in [2.05, 4.69) is 24.5 Å². The van der Waals surface area contributed by atoms with Crippen LogP contribution in [0.2, 0.25) is 0 Å². The molecule has 4 rings (SSSR count). The molecule has 0 spiro atoms. The second-order valence-corrected chi connectivity index (χ2v) is 10.7. The molecule has 212 valence electrons. The summed E-state index contributed by atoms with van der Waals surface area (Å²) in [6.07, 6.45) is 1.55. The van der Waals surface area contributed by atoms with Crippen LogP contribution < -0.4 is 20.1 Å². The summed E-state index contributed by atoms with van der Waals surface area (Å²) in [5.41, 5.74) is 3.91. The third kappa shape index (κ3) is 7.55. The van der Waals surface area contributed by atoms with Crippen molar-refractivity contribution in [1.82, 2.24) is 4.90 Å². The van der Waals surface area contributed by atoms with Crippen molar-refractivity contribution in [2.24, 2.45) is 0 Å². The number of carbonyl (C=O) groups excluding carboxylic acids is 4. The van der Waals surface area contributed by atoms with Crippen molar-refractivity contribution < 1.29 is 28.7 Å². The van der Waals surface area contributed by atoms with Crippen LogP contribution in [0.25, 0.3) is 6.08 Å². The number of methoxy groups -OCH3 is 1. The van der Waals surface area contributed by atoms with Gasteiger partial charge in [-0.05, 0) is 77.7 Å². The van der Waals surface area contributed by atoms with Gasteiger partial charge in [-0.15, -0.1) is 0 Å². The standard InChI is InChI=1S/C31H31N3O6S/c1-19(2)23-10-5-6-11-24(23)33-29(36)18-40-25-13-12-21(15-26(25)39-4)16-27-30(37)34(31(38)41-27)17-28(35)32-22-9-7-8-20(3)14-22/h5-16,19H,17-18H2,1-4H3,(H,32,35)(H,33,36)/b27-16-. The molecule has 3 aromatic rings. The Morgan fingerprint density at radius 2 is 1.73 bits per heavy atom. The molecule has 1 aliphatic rings. The van der Waals surface area contributed by atoms with Gasteiger partial charge in [0.1, 0.15) is 6.54 Å². The monoisotopic (exact) mass is 573 g/mol. The fourth-order valence-corrected chi connectivity index (χ4v) is 5.03. The molecule has 3 aromatic carbocycles. The molecule has 41 heavy (non-hydrogen) atoms. The number of hydrogen-bond donors (Lipinski definition) is 2. The molecule has 0 aliphatic carbocycles. The maximum absolute atomic E-state index is 12.9. The molecule has 0 bridgehead atoms. The van der Waals surface area contributed by atoms with E-state index in [-0.39, 0.29) is 23.3 Å². The summed E-state index contributed by atoms with van der Waals surface area (Å²) in [5.74, 6) is -0.401. The number of nitrogens with one attached hydrogen (secondary N) is 2. The average Bonchev–Trinajstić information content (AvgIpc) is 3.19. The molecular formula is C31H31N3O6S. The van der Waals surface area contributed by atoms with E-state index >= 15 is 0 Å². The highest BCUT2D eigenvalue weighted by Crippen LogP contribution is 2.34. The van der Waals surface area contributed by atoms with E-state index in [1.54, 1.807) is 42.5 Å². The fourth-order valence-electron chi connectivity index (χ4n) is 4.19. The lowest BCUT2D eigenvalue weighted by molar-refractivity contribution is -0.127. The maximum Gasteiger partial charge on any atom is 0.294 e. The molecule has 1 aliphatic heterocycles. The van der Waals surface area contributed by atoms with E-state index in [4.69, 9.17) is 9.47 Å². The summed E-state index contributed by atoms with van der Waals surface area (Å²) < 4.78 is 11.1. The van der Waals surface area contributed by atoms with Gasteiger partial charge in [0.2, 0.25) is 5.91 Å². The molecule has 1 saturated heterocycles. The van der Waals surface area contributed by atoms with Gasteiger partial charge in [0.15, 0.2) is 18.1 Å². The number of hydrogen-bond acceptors (Lipinski definition) is 7. The number of carbonyl (C=O) groups is 4. The molecule has 0 atom stereocenters. The van der Waals surface area contributed by atoms with Crippen LogP contribution in [0.4, 0.5) is 16.2 Å². The van der Waals surface area contributed by atoms with Crippen LogP contribution in [0.1, 0.15) is 36.5 Å². The smallest absolute Gasteiger partial charge is 0.294 e. The Balaban J connectivity index is 1.38. The van der Waals surface area contributed by atoms with Gasteiger partial charge in [-0.3, -0.25) is 24.1 Å². The number of amides is 4. The van der Waals surface area contributed by atoms with Gasteiger partial charge in [0.25, 0.3) is 17.1 Å². The van der Waals surface area contributed by atoms with Crippen molar-refractivity contribution in [3.63, 3.8) is 0 Å². The van der Waals surface area contributed by atoms with Gasteiger partial charge in [0.05, 0.1) is 12.0 Å². The summed E-state index contributed by atoms with van der Waals surface area (Å²) in [7, 11) is 1.46. The van der Waals surface area contributed by atoms with Gasteiger partial charge < -0.3 is 20.1 Å². The summed E-state index contributed by atoms with van der Waals surface area (Å²) in [6.45, 7) is 5.38. The number of aryl methyl sites for hydroxylation is 1. The zero-order valence-electron chi connectivity index (χ0n) is 23.2. The zero-order chi connectivity index (χ0) is 29.5. The number of imide groups is 1. The van der Waals surface area contributed by atoms with Crippen LogP contribution in [0.5, 0.6) is 11.5 Å². The molecule has 1 heterocycles. The lowest BCUT2D eigenvalue weighted by Crippen LogP contribution is -2.36. The van der Waals surface area contributed by atoms with Crippen molar-refractivity contribution >= 4 is 52.2 Å². The van der Waals surface area contributed by atoms with Crippen molar-refractivity contribution in [2.45, 2.75) is 26.7 Å². The van der Waals surface area contributed by atoms with Crippen molar-refractivity contribution in [3.8, 4) is 11.5 Å². The minimum absolute atomic E-state index is 0.178. The zero-order valence-corrected chi connectivity index (χ0v) is 24.0. The molecule has 0 unspecified atom stereocenters. The second kappa shape index (κ2) is 13.2. The topological polar surface area (TPSA) is 114 Å².